The highest BCUT2D eigenvalue weighted by Crippen LogP contribution is 2.34. The number of hydrogen-bond acceptors (Lipinski definition) is 9. The third-order valence-corrected chi connectivity index (χ3v) is 2.93. The van der Waals surface area contributed by atoms with Gasteiger partial charge in [0.2, 0.25) is 0 Å². The Bertz CT molecular complexity index is 648. The molecule has 1 rings (SSSR count). The summed E-state index contributed by atoms with van der Waals surface area (Å²) in [5, 5.41) is 31.0. The van der Waals surface area contributed by atoms with Gasteiger partial charge in [0.25, 0.3) is 5.69 Å². The number of hydroxylamine groups is 1. The van der Waals surface area contributed by atoms with Crippen LogP contribution < -0.4 is 10.2 Å². The molecule has 0 aliphatic carbocycles. The van der Waals surface area contributed by atoms with Crippen LogP contribution in [0.15, 0.2) is 18.2 Å². The van der Waals surface area contributed by atoms with Crippen LogP contribution in [0.1, 0.15) is 6.42 Å². The molecule has 134 valence electrons. The highest BCUT2D eigenvalue weighted by atomic mass is 31.2. The maximum atomic E-state index is 10.9. The third-order valence-electron chi connectivity index (χ3n) is 2.56. The number of ether oxygens (including phenoxy) is 1. The van der Waals surface area contributed by atoms with Crippen molar-refractivity contribution in [1.29, 1.82) is 0 Å². The molecule has 1 aromatic carbocycles. The number of hydrogen-bond donors (Lipinski definition) is 4. The predicted octanol–water partition coefficient (Wildman–Crippen LogP) is 0.247. The second-order valence-corrected chi connectivity index (χ2v) is 5.55. The number of non-ortho nitro benzene ring substituents is 1. The average Bonchev–Trinajstić information content (AvgIpc) is 2.45. The van der Waals surface area contributed by atoms with E-state index in [2.05, 4.69) is 4.62 Å². The molecule has 1 atom stereocenters. The normalized spacial score (nSPS) is 12.6. The molecule has 1 aromatic rings. The van der Waals surface area contributed by atoms with Crippen molar-refractivity contribution in [3.63, 3.8) is 0 Å². The van der Waals surface area contributed by atoms with Crippen molar-refractivity contribution in [2.24, 2.45) is 0 Å². The average molecular weight is 367 g/mol. The van der Waals surface area contributed by atoms with Crippen molar-refractivity contribution in [2.45, 2.75) is 12.5 Å². The number of benzene rings is 1. The van der Waals surface area contributed by atoms with Gasteiger partial charge in [0.05, 0.1) is 28.6 Å². The highest BCUT2D eigenvalue weighted by Gasteiger charge is 2.21. The first-order valence-corrected chi connectivity index (χ1v) is 7.84. The van der Waals surface area contributed by atoms with Gasteiger partial charge in [-0.3, -0.25) is 20.2 Å². The van der Waals surface area contributed by atoms with Crippen molar-refractivity contribution < 1.29 is 38.7 Å². The summed E-state index contributed by atoms with van der Waals surface area (Å²) in [7, 11) is -4.71. The van der Waals surface area contributed by atoms with Gasteiger partial charge in [0.15, 0.2) is 5.75 Å². The van der Waals surface area contributed by atoms with E-state index >= 15 is 0 Å². The number of aliphatic hydroxyl groups is 1. The summed E-state index contributed by atoms with van der Waals surface area (Å²) in [6, 6.07) is 2.85. The van der Waals surface area contributed by atoms with Crippen molar-refractivity contribution >= 4 is 19.2 Å². The molecule has 0 saturated carbocycles. The van der Waals surface area contributed by atoms with Gasteiger partial charge in [0.1, 0.15) is 0 Å². The molecule has 0 spiro atoms. The predicted molar refractivity (Wildman–Crippen MR) is 77.0 cm³/mol. The molecule has 24 heavy (non-hydrogen) atoms. The Kier molecular flexibility index (Phi) is 7.16. The summed E-state index contributed by atoms with van der Waals surface area (Å²) >= 11 is 0. The monoisotopic (exact) mass is 367 g/mol. The topological polar surface area (TPSA) is 195 Å². The van der Waals surface area contributed by atoms with Crippen LogP contribution in [0.2, 0.25) is 0 Å². The van der Waals surface area contributed by atoms with Gasteiger partial charge >= 0.3 is 13.5 Å². The zero-order chi connectivity index (χ0) is 18.3. The molecule has 0 fully saturated rings. The Morgan fingerprint density at radius 1 is 1.25 bits per heavy atom. The fourth-order valence-corrected chi connectivity index (χ4v) is 1.75. The van der Waals surface area contributed by atoms with Crippen LogP contribution in [-0.2, 0) is 9.19 Å². The van der Waals surface area contributed by atoms with Gasteiger partial charge < -0.3 is 19.6 Å². The summed E-state index contributed by atoms with van der Waals surface area (Å²) in [4.78, 5) is 36.7. The summed E-state index contributed by atoms with van der Waals surface area (Å²) in [5.41, 5.74) is 0.811. The quantitative estimate of drug-likeness (QED) is 0.251. The van der Waals surface area contributed by atoms with Crippen LogP contribution in [0.5, 0.6) is 5.75 Å². The number of nitro groups is 2. The van der Waals surface area contributed by atoms with Gasteiger partial charge in [-0.05, 0) is 6.07 Å². The number of aliphatic hydroxyl groups excluding tert-OH is 1. The SMILES string of the molecule is O=[N+]([O-])c1ccc(OCCC(O)CNOP(=O)(O)O)c([N+](=O)[O-])c1. The van der Waals surface area contributed by atoms with E-state index in [4.69, 9.17) is 14.5 Å². The van der Waals surface area contributed by atoms with Crippen molar-refractivity contribution in [2.75, 3.05) is 13.2 Å². The number of phosphoric acid groups is 1. The first-order chi connectivity index (χ1) is 11.1. The van der Waals surface area contributed by atoms with E-state index in [-0.39, 0.29) is 25.3 Å². The van der Waals surface area contributed by atoms with Crippen LogP contribution >= 0.6 is 7.82 Å². The Balaban J connectivity index is 2.54. The molecule has 1 unspecified atom stereocenters. The lowest BCUT2D eigenvalue weighted by Gasteiger charge is -2.12. The molecule has 0 radical (unpaired) electrons. The molecule has 4 N–H and O–H groups in total. The van der Waals surface area contributed by atoms with E-state index in [1.54, 1.807) is 0 Å². The second-order valence-electron chi connectivity index (χ2n) is 4.39. The Morgan fingerprint density at radius 3 is 2.46 bits per heavy atom. The summed E-state index contributed by atoms with van der Waals surface area (Å²) in [6.07, 6.45) is -1.17. The molecule has 0 aliphatic rings. The Labute approximate surface area is 134 Å². The van der Waals surface area contributed by atoms with Crippen LogP contribution in [0.4, 0.5) is 11.4 Å². The molecule has 13 nitrogen and oxygen atoms in total. The van der Waals surface area contributed by atoms with E-state index in [0.29, 0.717) is 0 Å². The third kappa shape index (κ3) is 6.95. The minimum atomic E-state index is -4.71. The fraction of sp³-hybridized carbons (Fsp3) is 0.400. The lowest BCUT2D eigenvalue weighted by atomic mass is 10.2. The number of nitrogens with one attached hydrogen (secondary N) is 1. The molecule has 0 amide bonds. The Hall–Kier alpha value is -2.15. The molecule has 0 aliphatic heterocycles. The van der Waals surface area contributed by atoms with E-state index in [9.17, 15) is 29.9 Å². The first-order valence-electron chi connectivity index (χ1n) is 6.31. The second kappa shape index (κ2) is 8.63. The molecule has 0 aromatic heterocycles. The lowest BCUT2D eigenvalue weighted by molar-refractivity contribution is -0.394. The summed E-state index contributed by atoms with van der Waals surface area (Å²) in [5.74, 6) is -0.211. The largest absolute Gasteiger partial charge is 0.487 e. The zero-order valence-corrected chi connectivity index (χ0v) is 12.9. The zero-order valence-electron chi connectivity index (χ0n) is 12.0. The van der Waals surface area contributed by atoms with Gasteiger partial charge in [-0.15, -0.1) is 0 Å². The molecular formula is C10H14N3O10P. The maximum absolute atomic E-state index is 10.9. The molecule has 0 saturated heterocycles. The fourth-order valence-electron chi connectivity index (χ4n) is 1.51. The van der Waals surface area contributed by atoms with E-state index in [1.165, 1.54) is 0 Å². The maximum Gasteiger partial charge on any atom is 0.486 e. The summed E-state index contributed by atoms with van der Waals surface area (Å²) in [6.45, 7) is -0.506. The van der Waals surface area contributed by atoms with Gasteiger partial charge in [-0.25, -0.2) is 4.57 Å². The van der Waals surface area contributed by atoms with Crippen LogP contribution in [0, 0.1) is 20.2 Å². The molecule has 0 heterocycles. The standard InChI is InChI=1S/C10H14N3O10P/c14-8(6-11-23-24(19,20)21)3-4-22-10-2-1-7(12(15)16)5-9(10)13(17)18/h1-2,5,8,11,14H,3-4,6H2,(H2,19,20,21). The van der Waals surface area contributed by atoms with Crippen molar-refractivity contribution in [1.82, 2.24) is 5.48 Å². The van der Waals surface area contributed by atoms with E-state index in [1.807, 2.05) is 5.48 Å². The number of nitrogens with zero attached hydrogens (tertiary/aromatic N) is 2. The minimum Gasteiger partial charge on any atom is -0.487 e. The smallest absolute Gasteiger partial charge is 0.486 e. The van der Waals surface area contributed by atoms with Gasteiger partial charge in [-0.2, -0.15) is 10.1 Å². The highest BCUT2D eigenvalue weighted by molar-refractivity contribution is 7.46. The van der Waals surface area contributed by atoms with Crippen LogP contribution in [-0.4, -0.2) is 44.0 Å². The van der Waals surface area contributed by atoms with E-state index in [0.717, 1.165) is 18.2 Å². The minimum absolute atomic E-state index is 0.0499. The molecule has 0 bridgehead atoms. The molecular weight excluding hydrogens is 353 g/mol. The van der Waals surface area contributed by atoms with Gasteiger partial charge in [0, 0.05) is 19.0 Å². The van der Waals surface area contributed by atoms with Crippen molar-refractivity contribution in [3.05, 3.63) is 38.4 Å². The lowest BCUT2D eigenvalue weighted by Crippen LogP contribution is -2.27. The van der Waals surface area contributed by atoms with Crippen molar-refractivity contribution in [3.8, 4) is 5.75 Å². The molecule has 14 heteroatoms. The number of nitro benzene ring substituents is 2. The summed E-state index contributed by atoms with van der Waals surface area (Å²) < 4.78 is 19.4. The Morgan fingerprint density at radius 2 is 1.92 bits per heavy atom. The first kappa shape index (κ1) is 19.9. The number of rotatable bonds is 10. The van der Waals surface area contributed by atoms with Crippen LogP contribution in [0.25, 0.3) is 0 Å². The van der Waals surface area contributed by atoms with E-state index < -0.39 is 35.1 Å². The van der Waals surface area contributed by atoms with Gasteiger partial charge in [-0.1, -0.05) is 0 Å². The van der Waals surface area contributed by atoms with Crippen LogP contribution in [0.3, 0.4) is 0 Å².